The predicted octanol–water partition coefficient (Wildman–Crippen LogP) is 10.9. The molecule has 0 bridgehead atoms. The molecule has 0 amide bonds. The summed E-state index contributed by atoms with van der Waals surface area (Å²) in [6.07, 6.45) is 49.3. The van der Waals surface area contributed by atoms with Crippen molar-refractivity contribution in [1.82, 2.24) is 0 Å². The second kappa shape index (κ2) is 42.4. The fourth-order valence-corrected chi connectivity index (χ4v) is 6.42. The highest BCUT2D eigenvalue weighted by atomic mass is 31.2. The molecule has 14 nitrogen and oxygen atoms in total. The van der Waals surface area contributed by atoms with Crippen LogP contribution in [-0.2, 0) is 41.8 Å². The Hall–Kier alpha value is -3.26. The number of unbranched alkanes of at least 4 members (excludes halogenated alkanes) is 5. The Kier molecular flexibility index (Phi) is 40.2. The van der Waals surface area contributed by atoms with Crippen molar-refractivity contribution in [2.24, 2.45) is 0 Å². The number of carbonyl (C=O) groups excluding carboxylic acids is 2. The Bertz CT molecular complexity index is 1550. The summed E-state index contributed by atoms with van der Waals surface area (Å²) in [5.41, 5.74) is 0. The monoisotopic (exact) mass is 940 g/mol. The normalized spacial score (nSPS) is 15.4. The van der Waals surface area contributed by atoms with Crippen molar-refractivity contribution in [2.45, 2.75) is 154 Å². The molecule has 0 rings (SSSR count). The van der Waals surface area contributed by atoms with E-state index in [1.165, 1.54) is 0 Å². The summed E-state index contributed by atoms with van der Waals surface area (Å²) in [5, 5.41) is 19.0. The number of phosphoric acid groups is 2. The van der Waals surface area contributed by atoms with E-state index in [9.17, 15) is 33.8 Å². The predicted molar refractivity (Wildman–Crippen MR) is 254 cm³/mol. The van der Waals surface area contributed by atoms with E-state index in [0.717, 1.165) is 89.9 Å². The topological polar surface area (TPSA) is 216 Å². The van der Waals surface area contributed by atoms with Crippen LogP contribution in [0.2, 0.25) is 0 Å². The van der Waals surface area contributed by atoms with Gasteiger partial charge in [-0.3, -0.25) is 23.2 Å². The minimum atomic E-state index is -4.88. The molecule has 1 unspecified atom stereocenters. The average molecular weight is 941 g/mol. The van der Waals surface area contributed by atoms with E-state index >= 15 is 0 Å². The second-order valence-electron chi connectivity index (χ2n) is 14.9. The fraction of sp³-hybridized carbons (Fsp3) is 0.583. The Balaban J connectivity index is 4.67. The third-order valence-electron chi connectivity index (χ3n) is 8.65. The van der Waals surface area contributed by atoms with E-state index in [0.29, 0.717) is 19.3 Å². The van der Waals surface area contributed by atoms with E-state index in [1.54, 1.807) is 6.92 Å². The number of ether oxygens (including phenoxy) is 2. The molecule has 0 spiro atoms. The molecule has 0 aliphatic rings. The van der Waals surface area contributed by atoms with Crippen molar-refractivity contribution < 1.29 is 66.7 Å². The van der Waals surface area contributed by atoms with Crippen LogP contribution in [0, 0.1) is 0 Å². The van der Waals surface area contributed by atoms with Gasteiger partial charge in [-0.2, -0.15) is 0 Å². The first-order valence-electron chi connectivity index (χ1n) is 22.6. The molecule has 64 heavy (non-hydrogen) atoms. The number of esters is 2. The summed E-state index contributed by atoms with van der Waals surface area (Å²) in [6.45, 7) is 1.07. The number of hydrogen-bond donors (Lipinski definition) is 5. The van der Waals surface area contributed by atoms with Gasteiger partial charge in [-0.15, -0.1) is 0 Å². The lowest BCUT2D eigenvalue weighted by Crippen LogP contribution is -2.29. The standard InChI is InChI=1S/C48H78O14P2/c1-3-4-5-6-7-8-9-10-11-12-13-14-17-20-23-26-29-32-35-38-47(51)58-42-46(43-61-64(56,57)60-41-45(50)40-59-63(53,54)55)62-48(52)39-36-33-30-27-24-21-18-15-16-19-22-25-28-31-34-37-44(2)49/h4-5,7-8,10-11,13-14,16,18-21,23,25,27-28,30,44-46,49-50H,3,6,9,12,15,17,22,24,26,29,31-43H2,1-2H3,(H,56,57)(H2,53,54,55)/b5-4-,8-7-,11-10-,14-13-,19-16-,21-18-,23-20-,28-25-,30-27-/t44-,45-,46+/m0/s1. The van der Waals surface area contributed by atoms with Gasteiger partial charge < -0.3 is 34.4 Å². The molecule has 0 aromatic rings. The maximum Gasteiger partial charge on any atom is 0.472 e. The quantitative estimate of drug-likeness (QED) is 0.0167. The molecule has 0 aromatic carbocycles. The first-order chi connectivity index (χ1) is 30.7. The molecule has 0 fully saturated rings. The third kappa shape index (κ3) is 46.7. The van der Waals surface area contributed by atoms with Crippen molar-refractivity contribution in [2.75, 3.05) is 26.4 Å². The first kappa shape index (κ1) is 60.7. The molecule has 0 heterocycles. The van der Waals surface area contributed by atoms with Gasteiger partial charge in [0.2, 0.25) is 0 Å². The average Bonchev–Trinajstić information content (AvgIpc) is 3.24. The third-order valence-corrected chi connectivity index (χ3v) is 10.1. The Labute approximate surface area is 383 Å². The molecule has 4 atom stereocenters. The summed E-state index contributed by atoms with van der Waals surface area (Å²) >= 11 is 0. The fourth-order valence-electron chi connectivity index (χ4n) is 5.27. The molecular formula is C48H78O14P2. The van der Waals surface area contributed by atoms with Gasteiger partial charge in [0.1, 0.15) is 12.7 Å². The summed E-state index contributed by atoms with van der Waals surface area (Å²) in [5.74, 6) is -1.16. The summed E-state index contributed by atoms with van der Waals surface area (Å²) in [7, 11) is -9.73. The van der Waals surface area contributed by atoms with Gasteiger partial charge in [-0.25, -0.2) is 9.13 Å². The van der Waals surface area contributed by atoms with Crippen LogP contribution < -0.4 is 0 Å². The van der Waals surface area contributed by atoms with Crippen LogP contribution in [0.3, 0.4) is 0 Å². The van der Waals surface area contributed by atoms with Crippen molar-refractivity contribution in [3.63, 3.8) is 0 Å². The lowest BCUT2D eigenvalue weighted by atomic mass is 10.1. The molecule has 0 saturated heterocycles. The maximum atomic E-state index is 12.7. The molecule has 5 N–H and O–H groups in total. The van der Waals surface area contributed by atoms with Gasteiger partial charge >= 0.3 is 27.6 Å². The molecule has 0 radical (unpaired) electrons. The summed E-state index contributed by atoms with van der Waals surface area (Å²) < 4.78 is 47.7. The zero-order chi connectivity index (χ0) is 47.4. The lowest BCUT2D eigenvalue weighted by Gasteiger charge is -2.20. The first-order valence-corrected chi connectivity index (χ1v) is 25.6. The molecule has 0 saturated carbocycles. The number of aliphatic hydroxyl groups excluding tert-OH is 2. The van der Waals surface area contributed by atoms with E-state index < -0.39 is 66.2 Å². The molecular weight excluding hydrogens is 862 g/mol. The zero-order valence-corrected chi connectivity index (χ0v) is 40.0. The van der Waals surface area contributed by atoms with Crippen LogP contribution in [0.25, 0.3) is 0 Å². The van der Waals surface area contributed by atoms with Gasteiger partial charge in [0.25, 0.3) is 0 Å². The number of phosphoric ester groups is 2. The van der Waals surface area contributed by atoms with Crippen LogP contribution >= 0.6 is 15.6 Å². The Morgan fingerprint density at radius 3 is 1.41 bits per heavy atom. The smallest absolute Gasteiger partial charge is 0.462 e. The molecule has 16 heteroatoms. The van der Waals surface area contributed by atoms with Crippen molar-refractivity contribution in [1.29, 1.82) is 0 Å². The molecule has 0 aromatic heterocycles. The van der Waals surface area contributed by atoms with Gasteiger partial charge in [-0.1, -0.05) is 123 Å². The van der Waals surface area contributed by atoms with Gasteiger partial charge in [0, 0.05) is 12.8 Å². The Morgan fingerprint density at radius 1 is 0.500 bits per heavy atom. The number of aliphatic hydroxyl groups is 2. The van der Waals surface area contributed by atoms with E-state index in [2.05, 4.69) is 113 Å². The van der Waals surface area contributed by atoms with Crippen LogP contribution in [0.15, 0.2) is 109 Å². The van der Waals surface area contributed by atoms with Gasteiger partial charge in [0.15, 0.2) is 6.10 Å². The van der Waals surface area contributed by atoms with Crippen LogP contribution in [0.1, 0.15) is 136 Å². The van der Waals surface area contributed by atoms with Crippen LogP contribution in [0.4, 0.5) is 0 Å². The van der Waals surface area contributed by atoms with E-state index in [1.807, 2.05) is 12.2 Å². The SMILES string of the molecule is CC/C=C\C/C=C\C/C=C\C/C=C\C/C=C\CCCCCC(=O)OC[C@H](COP(=O)(O)OC[C@@H](O)COP(=O)(O)O)OC(=O)CCC/C=C\C/C=C\C/C=C\C/C=C\CCC[C@H](C)O. The Morgan fingerprint density at radius 2 is 0.922 bits per heavy atom. The minimum Gasteiger partial charge on any atom is -0.462 e. The number of carbonyl (C=O) groups is 2. The summed E-state index contributed by atoms with van der Waals surface area (Å²) in [4.78, 5) is 52.7. The minimum absolute atomic E-state index is 0.0291. The highest BCUT2D eigenvalue weighted by Crippen LogP contribution is 2.43. The van der Waals surface area contributed by atoms with E-state index in [-0.39, 0.29) is 18.9 Å². The number of hydrogen-bond acceptors (Lipinski definition) is 11. The number of allylic oxidation sites excluding steroid dienone is 18. The molecule has 364 valence electrons. The number of rotatable bonds is 41. The van der Waals surface area contributed by atoms with E-state index in [4.69, 9.17) is 23.8 Å². The molecule has 0 aliphatic carbocycles. The largest absolute Gasteiger partial charge is 0.472 e. The summed E-state index contributed by atoms with van der Waals surface area (Å²) in [6, 6.07) is 0. The van der Waals surface area contributed by atoms with Crippen molar-refractivity contribution in [3.8, 4) is 0 Å². The van der Waals surface area contributed by atoms with Gasteiger partial charge in [0.05, 0.1) is 25.9 Å². The highest BCUT2D eigenvalue weighted by Gasteiger charge is 2.28. The van der Waals surface area contributed by atoms with Gasteiger partial charge in [-0.05, 0) is 110 Å². The second-order valence-corrected chi connectivity index (χ2v) is 17.6. The zero-order valence-electron chi connectivity index (χ0n) is 38.2. The lowest BCUT2D eigenvalue weighted by molar-refractivity contribution is -0.161. The molecule has 0 aliphatic heterocycles. The van der Waals surface area contributed by atoms with Crippen LogP contribution in [-0.4, -0.2) is 81.6 Å². The highest BCUT2D eigenvalue weighted by molar-refractivity contribution is 7.47. The van der Waals surface area contributed by atoms with Crippen molar-refractivity contribution in [3.05, 3.63) is 109 Å². The van der Waals surface area contributed by atoms with Crippen molar-refractivity contribution >= 4 is 27.6 Å². The maximum absolute atomic E-state index is 12.7. The van der Waals surface area contributed by atoms with Crippen LogP contribution in [0.5, 0.6) is 0 Å².